The molecule has 0 atom stereocenters. The summed E-state index contributed by atoms with van der Waals surface area (Å²) in [4.78, 5) is 8.53. The molecule has 0 fully saturated rings. The molecule has 1 aromatic carbocycles. The van der Waals surface area contributed by atoms with Crippen LogP contribution in [0.2, 0.25) is 0 Å². The van der Waals surface area contributed by atoms with E-state index in [1.807, 2.05) is 43.3 Å². The molecule has 3 aromatic rings. The van der Waals surface area contributed by atoms with E-state index in [-0.39, 0.29) is 0 Å². The topological polar surface area (TPSA) is 77.0 Å². The molecular formula is C15H14N4O. The molecule has 0 amide bonds. The van der Waals surface area contributed by atoms with Crippen LogP contribution in [0.3, 0.4) is 0 Å². The first-order valence-electron chi connectivity index (χ1n) is 6.22. The number of nitrogens with zero attached hydrogens (tertiary/aromatic N) is 2. The predicted molar refractivity (Wildman–Crippen MR) is 78.6 cm³/mol. The molecule has 2 heterocycles. The van der Waals surface area contributed by atoms with E-state index in [1.54, 1.807) is 12.4 Å². The largest absolute Gasteiger partial charge is 0.461 e. The zero-order chi connectivity index (χ0) is 13.9. The number of furan rings is 1. The molecule has 5 heteroatoms. The fourth-order valence-electron chi connectivity index (χ4n) is 1.86. The molecule has 0 spiro atoms. The van der Waals surface area contributed by atoms with Crippen molar-refractivity contribution in [2.75, 3.05) is 11.1 Å². The second-order valence-corrected chi connectivity index (χ2v) is 4.46. The molecule has 0 aliphatic heterocycles. The van der Waals surface area contributed by atoms with Gasteiger partial charge in [-0.05, 0) is 37.3 Å². The van der Waals surface area contributed by atoms with E-state index >= 15 is 0 Å². The van der Waals surface area contributed by atoms with Crippen molar-refractivity contribution in [3.05, 3.63) is 54.6 Å². The Morgan fingerprint density at radius 2 is 1.90 bits per heavy atom. The van der Waals surface area contributed by atoms with Gasteiger partial charge in [-0.1, -0.05) is 6.07 Å². The van der Waals surface area contributed by atoms with E-state index < -0.39 is 0 Å². The van der Waals surface area contributed by atoms with E-state index in [0.29, 0.717) is 11.6 Å². The summed E-state index contributed by atoms with van der Waals surface area (Å²) in [6.45, 7) is 1.90. The summed E-state index contributed by atoms with van der Waals surface area (Å²) < 4.78 is 5.53. The highest BCUT2D eigenvalue weighted by Crippen LogP contribution is 2.21. The monoisotopic (exact) mass is 266 g/mol. The van der Waals surface area contributed by atoms with Crippen LogP contribution in [0.4, 0.5) is 17.3 Å². The van der Waals surface area contributed by atoms with Crippen LogP contribution in [0.25, 0.3) is 11.3 Å². The maximum absolute atomic E-state index is 5.72. The van der Waals surface area contributed by atoms with Gasteiger partial charge in [-0.25, -0.2) is 9.97 Å². The van der Waals surface area contributed by atoms with Crippen molar-refractivity contribution >= 4 is 17.3 Å². The number of benzene rings is 1. The van der Waals surface area contributed by atoms with E-state index in [9.17, 15) is 0 Å². The molecule has 2 aromatic heterocycles. The first-order valence-corrected chi connectivity index (χ1v) is 6.22. The summed E-state index contributed by atoms with van der Waals surface area (Å²) in [6, 6.07) is 11.2. The lowest BCUT2D eigenvalue weighted by Gasteiger charge is -2.05. The lowest BCUT2D eigenvalue weighted by molar-refractivity contribution is 0.548. The second kappa shape index (κ2) is 5.05. The number of nitrogen functional groups attached to an aromatic ring is 1. The lowest BCUT2D eigenvalue weighted by atomic mass is 10.2. The van der Waals surface area contributed by atoms with Crippen LogP contribution in [0.1, 0.15) is 5.76 Å². The minimum atomic E-state index is 0.516. The number of anilines is 3. The standard InChI is InChI=1S/C15H14N4O/c1-10-5-6-14(20-10)11-8-17-15(18-9-11)19-13-4-2-3-12(16)7-13/h2-9H,16H2,1H3,(H,17,18,19). The predicted octanol–water partition coefficient (Wildman–Crippen LogP) is 3.37. The number of rotatable bonds is 3. The molecule has 0 bridgehead atoms. The molecule has 100 valence electrons. The molecule has 20 heavy (non-hydrogen) atoms. The molecule has 0 aliphatic carbocycles. The first-order chi connectivity index (χ1) is 9.70. The van der Waals surface area contributed by atoms with Gasteiger partial charge in [0.15, 0.2) is 0 Å². The third kappa shape index (κ3) is 2.61. The lowest BCUT2D eigenvalue weighted by Crippen LogP contribution is -1.97. The van der Waals surface area contributed by atoms with Gasteiger partial charge in [-0.3, -0.25) is 0 Å². The van der Waals surface area contributed by atoms with E-state index in [0.717, 1.165) is 22.8 Å². The van der Waals surface area contributed by atoms with Gasteiger partial charge in [0, 0.05) is 23.8 Å². The van der Waals surface area contributed by atoms with Crippen molar-refractivity contribution in [1.82, 2.24) is 9.97 Å². The number of hydrogen-bond acceptors (Lipinski definition) is 5. The van der Waals surface area contributed by atoms with Crippen LogP contribution in [0.15, 0.2) is 53.2 Å². The Morgan fingerprint density at radius 1 is 1.10 bits per heavy atom. The summed E-state index contributed by atoms with van der Waals surface area (Å²) in [6.07, 6.45) is 3.44. The number of aromatic nitrogens is 2. The maximum Gasteiger partial charge on any atom is 0.227 e. The van der Waals surface area contributed by atoms with Gasteiger partial charge in [-0.2, -0.15) is 0 Å². The molecule has 0 aliphatic rings. The zero-order valence-electron chi connectivity index (χ0n) is 11.0. The van der Waals surface area contributed by atoms with Gasteiger partial charge < -0.3 is 15.5 Å². The number of nitrogens with one attached hydrogen (secondary N) is 1. The Hall–Kier alpha value is -2.82. The minimum absolute atomic E-state index is 0.516. The van der Waals surface area contributed by atoms with Gasteiger partial charge in [0.2, 0.25) is 5.95 Å². The quantitative estimate of drug-likeness (QED) is 0.711. The fraction of sp³-hybridized carbons (Fsp3) is 0.0667. The van der Waals surface area contributed by atoms with E-state index in [1.165, 1.54) is 0 Å². The summed E-state index contributed by atoms with van der Waals surface area (Å²) in [5, 5.41) is 3.10. The van der Waals surface area contributed by atoms with Crippen LogP contribution in [0.5, 0.6) is 0 Å². The van der Waals surface area contributed by atoms with Gasteiger partial charge in [-0.15, -0.1) is 0 Å². The summed E-state index contributed by atoms with van der Waals surface area (Å²) in [5.41, 5.74) is 8.11. The zero-order valence-corrected chi connectivity index (χ0v) is 11.0. The fourth-order valence-corrected chi connectivity index (χ4v) is 1.86. The van der Waals surface area contributed by atoms with Crippen LogP contribution >= 0.6 is 0 Å². The van der Waals surface area contributed by atoms with Crippen LogP contribution in [-0.2, 0) is 0 Å². The van der Waals surface area contributed by atoms with Gasteiger partial charge in [0.05, 0.1) is 5.56 Å². The Bertz CT molecular complexity index is 719. The van der Waals surface area contributed by atoms with Crippen LogP contribution in [-0.4, -0.2) is 9.97 Å². The molecule has 3 rings (SSSR count). The highest BCUT2D eigenvalue weighted by Gasteiger charge is 2.04. The molecule has 0 radical (unpaired) electrons. The minimum Gasteiger partial charge on any atom is -0.461 e. The number of hydrogen-bond donors (Lipinski definition) is 2. The van der Waals surface area contributed by atoms with E-state index in [4.69, 9.17) is 10.2 Å². The Labute approximate surface area is 116 Å². The third-order valence-electron chi connectivity index (χ3n) is 2.82. The Morgan fingerprint density at radius 3 is 2.55 bits per heavy atom. The van der Waals surface area contributed by atoms with Crippen molar-refractivity contribution < 1.29 is 4.42 Å². The van der Waals surface area contributed by atoms with Crippen molar-refractivity contribution in [2.24, 2.45) is 0 Å². The SMILES string of the molecule is Cc1ccc(-c2cnc(Nc3cccc(N)c3)nc2)o1. The molecule has 5 nitrogen and oxygen atoms in total. The van der Waals surface area contributed by atoms with Crippen LogP contribution < -0.4 is 11.1 Å². The van der Waals surface area contributed by atoms with Crippen molar-refractivity contribution in [1.29, 1.82) is 0 Å². The highest BCUT2D eigenvalue weighted by molar-refractivity contribution is 5.61. The summed E-state index contributed by atoms with van der Waals surface area (Å²) in [5.74, 6) is 2.14. The molecule has 0 saturated heterocycles. The molecule has 0 saturated carbocycles. The average Bonchev–Trinajstić information content (AvgIpc) is 2.86. The molecular weight excluding hydrogens is 252 g/mol. The number of nitrogens with two attached hydrogens (primary N) is 1. The van der Waals surface area contributed by atoms with Crippen molar-refractivity contribution in [2.45, 2.75) is 6.92 Å². The third-order valence-corrected chi connectivity index (χ3v) is 2.82. The van der Waals surface area contributed by atoms with Gasteiger partial charge in [0.1, 0.15) is 11.5 Å². The molecule has 0 unspecified atom stereocenters. The second-order valence-electron chi connectivity index (χ2n) is 4.46. The van der Waals surface area contributed by atoms with Gasteiger partial charge in [0.25, 0.3) is 0 Å². The normalized spacial score (nSPS) is 10.4. The maximum atomic E-state index is 5.72. The van der Waals surface area contributed by atoms with Crippen LogP contribution in [0, 0.1) is 6.92 Å². The average molecular weight is 266 g/mol. The smallest absolute Gasteiger partial charge is 0.227 e. The highest BCUT2D eigenvalue weighted by atomic mass is 16.3. The Kier molecular flexibility index (Phi) is 3.09. The van der Waals surface area contributed by atoms with Crippen molar-refractivity contribution in [3.63, 3.8) is 0 Å². The van der Waals surface area contributed by atoms with Crippen molar-refractivity contribution in [3.8, 4) is 11.3 Å². The Balaban J connectivity index is 1.79. The van der Waals surface area contributed by atoms with Gasteiger partial charge >= 0.3 is 0 Å². The van der Waals surface area contributed by atoms with E-state index in [2.05, 4.69) is 15.3 Å². The summed E-state index contributed by atoms with van der Waals surface area (Å²) >= 11 is 0. The number of aryl methyl sites for hydroxylation is 1. The molecule has 3 N–H and O–H groups in total. The first kappa shape index (κ1) is 12.2. The summed E-state index contributed by atoms with van der Waals surface area (Å²) in [7, 11) is 0.